The molecular formula is C17H17ClN2O3S. The van der Waals surface area contributed by atoms with Crippen molar-refractivity contribution in [3.63, 3.8) is 0 Å². The molecule has 1 fully saturated rings. The van der Waals surface area contributed by atoms with Crippen LogP contribution in [0.4, 0.5) is 11.4 Å². The maximum atomic E-state index is 12.4. The number of carbonyl (C=O) groups excluding carboxylic acids is 1. The summed E-state index contributed by atoms with van der Waals surface area (Å²) in [5.74, 6) is -0.167. The molecule has 0 radical (unpaired) electrons. The van der Waals surface area contributed by atoms with Crippen molar-refractivity contribution >= 4 is 38.9 Å². The number of hydrogen-bond acceptors (Lipinski definition) is 3. The van der Waals surface area contributed by atoms with Gasteiger partial charge in [0.1, 0.15) is 0 Å². The second kappa shape index (κ2) is 6.83. The van der Waals surface area contributed by atoms with Gasteiger partial charge in [-0.25, -0.2) is 8.42 Å². The molecule has 1 saturated heterocycles. The first-order chi connectivity index (χ1) is 11.5. The third kappa shape index (κ3) is 3.71. The van der Waals surface area contributed by atoms with E-state index in [0.29, 0.717) is 34.9 Å². The van der Waals surface area contributed by atoms with Gasteiger partial charge in [0.25, 0.3) is 5.91 Å². The maximum Gasteiger partial charge on any atom is 0.255 e. The Morgan fingerprint density at radius 3 is 2.62 bits per heavy atom. The van der Waals surface area contributed by atoms with Gasteiger partial charge in [-0.3, -0.25) is 9.10 Å². The Hall–Kier alpha value is -2.05. The lowest BCUT2D eigenvalue weighted by Crippen LogP contribution is -2.37. The number of carbonyl (C=O) groups is 1. The van der Waals surface area contributed by atoms with Crippen molar-refractivity contribution in [2.45, 2.75) is 12.8 Å². The fraction of sp³-hybridized carbons (Fsp3) is 0.235. The van der Waals surface area contributed by atoms with E-state index in [4.69, 9.17) is 11.6 Å². The lowest BCUT2D eigenvalue weighted by atomic mass is 10.1. The Balaban J connectivity index is 1.83. The predicted molar refractivity (Wildman–Crippen MR) is 96.2 cm³/mol. The van der Waals surface area contributed by atoms with Gasteiger partial charge in [0, 0.05) is 22.8 Å². The normalized spacial score (nSPS) is 16.6. The van der Waals surface area contributed by atoms with Gasteiger partial charge in [-0.2, -0.15) is 0 Å². The standard InChI is InChI=1S/C17H17ClN2O3S/c18-14-6-4-7-15(12-14)19-17(21)13-5-3-8-16(11-13)20-9-1-2-10-24(20,22)23/h3-8,11-12H,1-2,9-10H2,(H,19,21). The summed E-state index contributed by atoms with van der Waals surface area (Å²) in [6.07, 6.45) is 1.49. The second-order valence-electron chi connectivity index (χ2n) is 5.61. The van der Waals surface area contributed by atoms with E-state index in [1.54, 1.807) is 48.5 Å². The molecule has 1 aliphatic heterocycles. The van der Waals surface area contributed by atoms with Gasteiger partial charge in [-0.1, -0.05) is 23.7 Å². The predicted octanol–water partition coefficient (Wildman–Crippen LogP) is 3.52. The number of sulfonamides is 1. The zero-order valence-electron chi connectivity index (χ0n) is 12.9. The first-order valence-corrected chi connectivity index (χ1v) is 9.62. The summed E-state index contributed by atoms with van der Waals surface area (Å²) in [4.78, 5) is 12.4. The topological polar surface area (TPSA) is 66.5 Å². The summed E-state index contributed by atoms with van der Waals surface area (Å²) in [6.45, 7) is 0.446. The lowest BCUT2D eigenvalue weighted by Gasteiger charge is -2.28. The zero-order valence-corrected chi connectivity index (χ0v) is 14.5. The van der Waals surface area contributed by atoms with Crippen molar-refractivity contribution < 1.29 is 13.2 Å². The Morgan fingerprint density at radius 2 is 1.88 bits per heavy atom. The van der Waals surface area contributed by atoms with Gasteiger partial charge in [0.15, 0.2) is 0 Å². The smallest absolute Gasteiger partial charge is 0.255 e. The molecule has 5 nitrogen and oxygen atoms in total. The van der Waals surface area contributed by atoms with E-state index in [9.17, 15) is 13.2 Å². The van der Waals surface area contributed by atoms with Crippen LogP contribution >= 0.6 is 11.6 Å². The monoisotopic (exact) mass is 364 g/mol. The summed E-state index contributed by atoms with van der Waals surface area (Å²) >= 11 is 5.91. The average Bonchev–Trinajstić information content (AvgIpc) is 2.54. The first-order valence-electron chi connectivity index (χ1n) is 7.63. The number of halogens is 1. The quantitative estimate of drug-likeness (QED) is 0.906. The highest BCUT2D eigenvalue weighted by atomic mass is 35.5. The molecule has 24 heavy (non-hydrogen) atoms. The maximum absolute atomic E-state index is 12.4. The van der Waals surface area contributed by atoms with E-state index in [1.165, 1.54) is 4.31 Å². The van der Waals surface area contributed by atoms with Crippen LogP contribution in [-0.4, -0.2) is 26.6 Å². The van der Waals surface area contributed by atoms with Crippen molar-refractivity contribution in [3.8, 4) is 0 Å². The van der Waals surface area contributed by atoms with Gasteiger partial charge in [0.2, 0.25) is 10.0 Å². The van der Waals surface area contributed by atoms with Crippen LogP contribution in [0, 0.1) is 0 Å². The number of nitrogens with one attached hydrogen (secondary N) is 1. The van der Waals surface area contributed by atoms with Gasteiger partial charge in [-0.05, 0) is 49.2 Å². The molecule has 0 atom stereocenters. The molecule has 1 N–H and O–H groups in total. The van der Waals surface area contributed by atoms with Crippen LogP contribution in [-0.2, 0) is 10.0 Å². The summed E-state index contributed by atoms with van der Waals surface area (Å²) in [6, 6.07) is 13.5. The SMILES string of the molecule is O=C(Nc1cccc(Cl)c1)c1cccc(N2CCCCS2(=O)=O)c1. The Kier molecular flexibility index (Phi) is 4.78. The highest BCUT2D eigenvalue weighted by molar-refractivity contribution is 7.92. The number of rotatable bonds is 3. The van der Waals surface area contributed by atoms with Crippen molar-refractivity contribution in [1.82, 2.24) is 0 Å². The van der Waals surface area contributed by atoms with Crippen LogP contribution in [0.3, 0.4) is 0 Å². The molecule has 1 aliphatic rings. The summed E-state index contributed by atoms with van der Waals surface area (Å²) in [7, 11) is -3.30. The van der Waals surface area contributed by atoms with E-state index in [-0.39, 0.29) is 11.7 Å². The molecular weight excluding hydrogens is 348 g/mol. The number of amides is 1. The van der Waals surface area contributed by atoms with Gasteiger partial charge in [0.05, 0.1) is 11.4 Å². The van der Waals surface area contributed by atoms with E-state index in [2.05, 4.69) is 5.32 Å². The highest BCUT2D eigenvalue weighted by Gasteiger charge is 2.26. The minimum Gasteiger partial charge on any atom is -0.322 e. The number of anilines is 2. The molecule has 1 heterocycles. The molecule has 2 aromatic carbocycles. The van der Waals surface area contributed by atoms with Gasteiger partial charge < -0.3 is 5.32 Å². The third-order valence-electron chi connectivity index (χ3n) is 3.83. The minimum absolute atomic E-state index is 0.145. The third-order valence-corrected chi connectivity index (χ3v) is 5.93. The van der Waals surface area contributed by atoms with Gasteiger partial charge >= 0.3 is 0 Å². The molecule has 7 heteroatoms. The molecule has 0 aromatic heterocycles. The molecule has 3 rings (SSSR count). The van der Waals surface area contributed by atoms with E-state index < -0.39 is 10.0 Å². The average molecular weight is 365 g/mol. The fourth-order valence-electron chi connectivity index (χ4n) is 2.65. The highest BCUT2D eigenvalue weighted by Crippen LogP contribution is 2.25. The van der Waals surface area contributed by atoms with Crippen LogP contribution in [0.5, 0.6) is 0 Å². The van der Waals surface area contributed by atoms with Crippen LogP contribution in [0.2, 0.25) is 5.02 Å². The van der Waals surface area contributed by atoms with Crippen LogP contribution in [0.1, 0.15) is 23.2 Å². The van der Waals surface area contributed by atoms with Crippen molar-refractivity contribution in [2.75, 3.05) is 21.9 Å². The molecule has 2 aromatic rings. The Morgan fingerprint density at radius 1 is 1.08 bits per heavy atom. The fourth-order valence-corrected chi connectivity index (χ4v) is 4.47. The molecule has 0 aliphatic carbocycles. The minimum atomic E-state index is -3.30. The molecule has 126 valence electrons. The molecule has 1 amide bonds. The van der Waals surface area contributed by atoms with Crippen molar-refractivity contribution in [1.29, 1.82) is 0 Å². The molecule has 0 unspecified atom stereocenters. The van der Waals surface area contributed by atoms with Crippen LogP contribution in [0.15, 0.2) is 48.5 Å². The Bertz CT molecular complexity index is 868. The van der Waals surface area contributed by atoms with E-state index in [0.717, 1.165) is 6.42 Å². The summed E-state index contributed by atoms with van der Waals surface area (Å²) in [5, 5.41) is 3.29. The number of hydrogen-bond donors (Lipinski definition) is 1. The van der Waals surface area contributed by atoms with Crippen LogP contribution in [0.25, 0.3) is 0 Å². The van der Waals surface area contributed by atoms with Crippen LogP contribution < -0.4 is 9.62 Å². The summed E-state index contributed by atoms with van der Waals surface area (Å²) < 4.78 is 25.8. The summed E-state index contributed by atoms with van der Waals surface area (Å²) in [5.41, 5.74) is 1.50. The zero-order chi connectivity index (χ0) is 17.2. The largest absolute Gasteiger partial charge is 0.322 e. The second-order valence-corrected chi connectivity index (χ2v) is 8.06. The van der Waals surface area contributed by atoms with E-state index in [1.807, 2.05) is 0 Å². The molecule has 0 saturated carbocycles. The van der Waals surface area contributed by atoms with Gasteiger partial charge in [-0.15, -0.1) is 0 Å². The van der Waals surface area contributed by atoms with Crippen molar-refractivity contribution in [3.05, 3.63) is 59.1 Å². The lowest BCUT2D eigenvalue weighted by molar-refractivity contribution is 0.102. The number of benzene rings is 2. The first kappa shape index (κ1) is 16.8. The number of nitrogens with zero attached hydrogens (tertiary/aromatic N) is 1. The molecule has 0 spiro atoms. The molecule has 0 bridgehead atoms. The van der Waals surface area contributed by atoms with E-state index >= 15 is 0 Å². The Labute approximate surface area is 146 Å². The van der Waals surface area contributed by atoms with Crippen molar-refractivity contribution in [2.24, 2.45) is 0 Å².